The zero-order valence-corrected chi connectivity index (χ0v) is 21.0. The van der Waals surface area contributed by atoms with Gasteiger partial charge in [0.15, 0.2) is 0 Å². The van der Waals surface area contributed by atoms with Gasteiger partial charge in [0.05, 0.1) is 22.7 Å². The zero-order chi connectivity index (χ0) is 28.3. The number of carbonyl (C=O) groups is 3. The standard InChI is InChI=1S/C28H19N5O6/c1-16-4-7-19(10-22(16)30-14-34)25-26(36)32(20-8-5-17(2)23(11-20)31-15-35)28(38)33(27(25)37)21-9-6-18(3)24(12-21)39-13-29/h4-12,25H,1-3H3. The number of carbonyl (C=O) groups excluding carboxylic acids is 5. The minimum atomic E-state index is -1.51. The highest BCUT2D eigenvalue weighted by Gasteiger charge is 2.48. The van der Waals surface area contributed by atoms with Crippen LogP contribution in [0.3, 0.4) is 0 Å². The van der Waals surface area contributed by atoms with E-state index in [1.165, 1.54) is 48.6 Å². The molecule has 1 aliphatic heterocycles. The van der Waals surface area contributed by atoms with Crippen molar-refractivity contribution in [2.75, 3.05) is 9.80 Å². The fourth-order valence-electron chi connectivity index (χ4n) is 4.18. The smallest absolute Gasteiger partial charge is 0.342 e. The van der Waals surface area contributed by atoms with E-state index >= 15 is 0 Å². The van der Waals surface area contributed by atoms with Crippen molar-refractivity contribution in [2.45, 2.75) is 26.7 Å². The topological polar surface area (TPSA) is 150 Å². The summed E-state index contributed by atoms with van der Waals surface area (Å²) in [5.41, 5.74) is 2.46. The maximum Gasteiger partial charge on any atom is 0.342 e. The van der Waals surface area contributed by atoms with Gasteiger partial charge < -0.3 is 4.74 Å². The van der Waals surface area contributed by atoms with E-state index in [2.05, 4.69) is 9.98 Å². The van der Waals surface area contributed by atoms with Crippen LogP contribution >= 0.6 is 0 Å². The Labute approximate surface area is 222 Å². The first-order chi connectivity index (χ1) is 18.7. The van der Waals surface area contributed by atoms with Gasteiger partial charge in [-0.15, -0.1) is 5.26 Å². The summed E-state index contributed by atoms with van der Waals surface area (Å²) in [5.74, 6) is -3.12. The number of aryl methyl sites for hydroxylation is 3. The van der Waals surface area contributed by atoms with Crippen molar-refractivity contribution in [3.05, 3.63) is 76.9 Å². The summed E-state index contributed by atoms with van der Waals surface area (Å²) in [6, 6.07) is 12.3. The molecule has 39 heavy (non-hydrogen) atoms. The van der Waals surface area contributed by atoms with Crippen LogP contribution in [0.2, 0.25) is 0 Å². The van der Waals surface area contributed by atoms with Crippen LogP contribution in [-0.4, -0.2) is 30.0 Å². The number of barbiturate groups is 1. The largest absolute Gasteiger partial charge is 0.388 e. The molecule has 0 saturated carbocycles. The highest BCUT2D eigenvalue weighted by molar-refractivity contribution is 6.38. The number of hydrogen-bond donors (Lipinski definition) is 0. The van der Waals surface area contributed by atoms with E-state index in [0.717, 1.165) is 9.80 Å². The quantitative estimate of drug-likeness (QED) is 0.198. The van der Waals surface area contributed by atoms with Crippen LogP contribution in [-0.2, 0) is 19.2 Å². The Bertz CT molecular complexity index is 1590. The molecule has 0 aliphatic carbocycles. The molecular formula is C28H19N5O6. The second-order valence-corrected chi connectivity index (χ2v) is 8.63. The number of amides is 4. The number of nitriles is 1. The van der Waals surface area contributed by atoms with E-state index in [0.29, 0.717) is 16.7 Å². The molecule has 4 rings (SSSR count). The summed E-state index contributed by atoms with van der Waals surface area (Å²) < 4.78 is 4.97. The van der Waals surface area contributed by atoms with Gasteiger partial charge in [-0.05, 0) is 67.3 Å². The van der Waals surface area contributed by atoms with Crippen LogP contribution in [0, 0.1) is 32.3 Å². The Morgan fingerprint density at radius 3 is 1.82 bits per heavy atom. The molecule has 1 aliphatic rings. The monoisotopic (exact) mass is 521 g/mol. The first-order valence-corrected chi connectivity index (χ1v) is 11.5. The van der Waals surface area contributed by atoms with Crippen molar-refractivity contribution in [3.63, 3.8) is 0 Å². The van der Waals surface area contributed by atoms with Crippen molar-refractivity contribution in [2.24, 2.45) is 9.98 Å². The zero-order valence-electron chi connectivity index (χ0n) is 21.0. The third-order valence-corrected chi connectivity index (χ3v) is 6.25. The predicted octanol–water partition coefficient (Wildman–Crippen LogP) is 4.69. The van der Waals surface area contributed by atoms with Gasteiger partial charge in [-0.25, -0.2) is 24.2 Å². The summed E-state index contributed by atoms with van der Waals surface area (Å²) in [6.45, 7) is 5.05. The molecule has 11 nitrogen and oxygen atoms in total. The van der Waals surface area contributed by atoms with Gasteiger partial charge in [-0.2, -0.15) is 9.98 Å². The number of ether oxygens (including phenoxy) is 1. The second kappa shape index (κ2) is 10.7. The molecular weight excluding hydrogens is 502 g/mol. The average Bonchev–Trinajstić information content (AvgIpc) is 2.90. The van der Waals surface area contributed by atoms with Crippen molar-refractivity contribution in [1.29, 1.82) is 5.26 Å². The third kappa shape index (κ3) is 4.84. The van der Waals surface area contributed by atoms with Crippen LogP contribution in [0.1, 0.15) is 28.2 Å². The number of hydrogen-bond acceptors (Lipinski definition) is 9. The van der Waals surface area contributed by atoms with Crippen molar-refractivity contribution in [1.82, 2.24) is 0 Å². The molecule has 1 saturated heterocycles. The number of urea groups is 1. The highest BCUT2D eigenvalue weighted by atomic mass is 16.5. The summed E-state index contributed by atoms with van der Waals surface area (Å²) in [5, 5.41) is 9.00. The third-order valence-electron chi connectivity index (χ3n) is 6.25. The Morgan fingerprint density at radius 1 is 0.744 bits per heavy atom. The molecule has 0 N–H and O–H groups in total. The normalized spacial score (nSPS) is 14.8. The Morgan fingerprint density at radius 2 is 1.26 bits per heavy atom. The maximum absolute atomic E-state index is 13.8. The molecule has 1 heterocycles. The van der Waals surface area contributed by atoms with Gasteiger partial charge in [0, 0.05) is 6.07 Å². The minimum Gasteiger partial charge on any atom is -0.388 e. The van der Waals surface area contributed by atoms with Gasteiger partial charge in [-0.1, -0.05) is 24.3 Å². The average molecular weight is 521 g/mol. The molecule has 0 aromatic heterocycles. The maximum atomic E-state index is 13.8. The van der Waals surface area contributed by atoms with E-state index in [1.54, 1.807) is 45.2 Å². The van der Waals surface area contributed by atoms with Crippen LogP contribution < -0.4 is 14.5 Å². The number of imide groups is 2. The van der Waals surface area contributed by atoms with Gasteiger partial charge in [0.2, 0.25) is 12.2 Å². The van der Waals surface area contributed by atoms with Gasteiger partial charge in [-0.3, -0.25) is 9.59 Å². The van der Waals surface area contributed by atoms with E-state index in [9.17, 15) is 24.0 Å². The highest BCUT2D eigenvalue weighted by Crippen LogP contribution is 2.38. The summed E-state index contributed by atoms with van der Waals surface area (Å²) in [6.07, 6.45) is 4.45. The number of aliphatic imine (C=N–C) groups is 2. The van der Waals surface area contributed by atoms with E-state index < -0.39 is 23.8 Å². The lowest BCUT2D eigenvalue weighted by atomic mass is 9.92. The molecule has 0 spiro atoms. The number of isocyanates is 2. The fourth-order valence-corrected chi connectivity index (χ4v) is 4.18. The lowest BCUT2D eigenvalue weighted by Gasteiger charge is -2.37. The van der Waals surface area contributed by atoms with E-state index in [1.807, 2.05) is 0 Å². The minimum absolute atomic E-state index is 0.0554. The first-order valence-electron chi connectivity index (χ1n) is 11.5. The summed E-state index contributed by atoms with van der Waals surface area (Å²) >= 11 is 0. The Balaban J connectivity index is 1.94. The summed E-state index contributed by atoms with van der Waals surface area (Å²) in [4.78, 5) is 72.2. The molecule has 4 amide bonds. The van der Waals surface area contributed by atoms with E-state index in [4.69, 9.17) is 10.00 Å². The number of benzene rings is 3. The predicted molar refractivity (Wildman–Crippen MR) is 138 cm³/mol. The molecule has 3 aromatic rings. The van der Waals surface area contributed by atoms with Gasteiger partial charge in [0.25, 0.3) is 18.1 Å². The molecule has 0 bridgehead atoms. The van der Waals surface area contributed by atoms with Crippen molar-refractivity contribution in [3.8, 4) is 12.0 Å². The number of nitrogens with zero attached hydrogens (tertiary/aromatic N) is 5. The lowest BCUT2D eigenvalue weighted by Crippen LogP contribution is -2.59. The lowest BCUT2D eigenvalue weighted by molar-refractivity contribution is -0.129. The van der Waals surface area contributed by atoms with Crippen LogP contribution in [0.15, 0.2) is 64.6 Å². The van der Waals surface area contributed by atoms with Crippen LogP contribution in [0.5, 0.6) is 5.75 Å². The first kappa shape index (κ1) is 26.4. The fraction of sp³-hybridized carbons (Fsp3) is 0.143. The van der Waals surface area contributed by atoms with Gasteiger partial charge in [0.1, 0.15) is 11.7 Å². The van der Waals surface area contributed by atoms with Crippen LogP contribution in [0.25, 0.3) is 0 Å². The second-order valence-electron chi connectivity index (χ2n) is 8.63. The Hall–Kier alpha value is -5.68. The molecule has 11 heteroatoms. The van der Waals surface area contributed by atoms with Gasteiger partial charge >= 0.3 is 6.03 Å². The number of rotatable bonds is 6. The Kier molecular flexibility index (Phi) is 7.27. The molecule has 192 valence electrons. The van der Waals surface area contributed by atoms with E-state index in [-0.39, 0.29) is 34.1 Å². The van der Waals surface area contributed by atoms with Crippen LogP contribution in [0.4, 0.5) is 27.5 Å². The molecule has 1 fully saturated rings. The molecule has 1 atom stereocenters. The number of anilines is 2. The molecule has 0 radical (unpaired) electrons. The molecule has 3 aromatic carbocycles. The molecule has 1 unspecified atom stereocenters. The van der Waals surface area contributed by atoms with Crippen molar-refractivity contribution < 1.29 is 28.7 Å². The SMILES string of the molecule is Cc1ccc(C2C(=O)N(c3ccc(C)c(N=C=O)c3)C(=O)N(c3ccc(C)c(OC#N)c3)C2=O)cc1N=C=O. The van der Waals surface area contributed by atoms with Crippen molar-refractivity contribution >= 4 is 52.8 Å². The summed E-state index contributed by atoms with van der Waals surface area (Å²) in [7, 11) is 0.